The number of phenols is 1. The van der Waals surface area contributed by atoms with Gasteiger partial charge in [0.05, 0.1) is 12.0 Å². The Balaban J connectivity index is 2.45. The van der Waals surface area contributed by atoms with Crippen molar-refractivity contribution in [2.45, 2.75) is 31.3 Å². The van der Waals surface area contributed by atoms with Crippen LogP contribution in [0.5, 0.6) is 5.75 Å². The van der Waals surface area contributed by atoms with E-state index in [1.807, 2.05) is 0 Å². The molecule has 4 heteroatoms. The number of hydrogen-bond acceptors (Lipinski definition) is 3. The van der Waals surface area contributed by atoms with Gasteiger partial charge in [0.25, 0.3) is 0 Å². The average Bonchev–Trinajstić information content (AvgIpc) is 2.21. The predicted molar refractivity (Wildman–Crippen MR) is 62.0 cm³/mol. The highest BCUT2D eigenvalue weighted by molar-refractivity contribution is 5.83. The highest BCUT2D eigenvalue weighted by Crippen LogP contribution is 2.47. The number of ether oxygens (including phenoxy) is 1. The summed E-state index contributed by atoms with van der Waals surface area (Å²) in [6.07, 6.45) is 2.07. The van der Waals surface area contributed by atoms with Crippen molar-refractivity contribution in [2.24, 2.45) is 0 Å². The van der Waals surface area contributed by atoms with Crippen molar-refractivity contribution in [2.75, 3.05) is 7.11 Å². The zero-order valence-corrected chi connectivity index (χ0v) is 9.77. The van der Waals surface area contributed by atoms with Gasteiger partial charge in [0.1, 0.15) is 5.75 Å². The van der Waals surface area contributed by atoms with Crippen molar-refractivity contribution in [3.63, 3.8) is 0 Å². The lowest BCUT2D eigenvalue weighted by molar-refractivity contribution is -0.147. The van der Waals surface area contributed by atoms with E-state index in [2.05, 4.69) is 0 Å². The molecule has 0 aliphatic heterocycles. The van der Waals surface area contributed by atoms with Crippen molar-refractivity contribution >= 4 is 5.97 Å². The fourth-order valence-corrected chi connectivity index (χ4v) is 2.38. The van der Waals surface area contributed by atoms with Crippen molar-refractivity contribution in [1.29, 1.82) is 0 Å². The van der Waals surface area contributed by atoms with Crippen LogP contribution in [0.2, 0.25) is 0 Å². The summed E-state index contributed by atoms with van der Waals surface area (Å²) in [5, 5.41) is 19.5. The Morgan fingerprint density at radius 1 is 1.47 bits per heavy atom. The molecule has 17 heavy (non-hydrogen) atoms. The number of aliphatic carboxylic acids is 1. The Labute approximate surface area is 99.8 Å². The second-order valence-corrected chi connectivity index (χ2v) is 4.49. The fraction of sp³-hybridized carbons (Fsp3) is 0.462. The molecule has 0 aromatic heterocycles. The molecule has 1 aromatic rings. The lowest BCUT2D eigenvalue weighted by Crippen LogP contribution is -2.42. The monoisotopic (exact) mass is 236 g/mol. The number of aromatic hydroxyl groups is 1. The molecule has 1 saturated carbocycles. The molecule has 1 fully saturated rings. The lowest BCUT2D eigenvalue weighted by atomic mass is 9.64. The van der Waals surface area contributed by atoms with Crippen molar-refractivity contribution in [3.05, 3.63) is 29.3 Å². The Morgan fingerprint density at radius 3 is 2.65 bits per heavy atom. The third-order valence-electron chi connectivity index (χ3n) is 3.55. The number of hydrogen-bond donors (Lipinski definition) is 2. The minimum absolute atomic E-state index is 0.0662. The number of rotatable bonds is 4. The summed E-state index contributed by atoms with van der Waals surface area (Å²) in [5.74, 6) is -0.787. The minimum Gasteiger partial charge on any atom is -0.507 e. The molecule has 0 atom stereocenters. The maximum absolute atomic E-state index is 11.4. The van der Waals surface area contributed by atoms with Crippen LogP contribution in [0.4, 0.5) is 0 Å². The molecule has 1 aromatic carbocycles. The lowest BCUT2D eigenvalue weighted by Gasteiger charge is -2.38. The van der Waals surface area contributed by atoms with Crippen molar-refractivity contribution < 1.29 is 19.7 Å². The van der Waals surface area contributed by atoms with Crippen LogP contribution in [-0.2, 0) is 21.6 Å². The van der Waals surface area contributed by atoms with E-state index in [-0.39, 0.29) is 12.4 Å². The van der Waals surface area contributed by atoms with Gasteiger partial charge in [-0.25, -0.2) is 0 Å². The maximum Gasteiger partial charge on any atom is 0.314 e. The second-order valence-electron chi connectivity index (χ2n) is 4.49. The van der Waals surface area contributed by atoms with E-state index in [0.29, 0.717) is 24.0 Å². The topological polar surface area (TPSA) is 66.8 Å². The van der Waals surface area contributed by atoms with Gasteiger partial charge in [-0.05, 0) is 12.8 Å². The molecule has 2 rings (SSSR count). The molecule has 0 radical (unpaired) electrons. The first-order valence-corrected chi connectivity index (χ1v) is 5.65. The molecule has 0 bridgehead atoms. The predicted octanol–water partition coefficient (Wildman–Crippen LogP) is 2.04. The molecule has 4 nitrogen and oxygen atoms in total. The number of benzene rings is 1. The number of carbonyl (C=O) groups is 1. The largest absolute Gasteiger partial charge is 0.507 e. The quantitative estimate of drug-likeness (QED) is 0.839. The second kappa shape index (κ2) is 4.37. The molecule has 1 aliphatic carbocycles. The molecule has 1 aliphatic rings. The molecule has 0 spiro atoms. The zero-order valence-electron chi connectivity index (χ0n) is 9.77. The third-order valence-corrected chi connectivity index (χ3v) is 3.55. The van der Waals surface area contributed by atoms with Crippen LogP contribution >= 0.6 is 0 Å². The molecule has 0 saturated heterocycles. The Hall–Kier alpha value is -1.55. The van der Waals surface area contributed by atoms with Crippen LogP contribution < -0.4 is 0 Å². The number of carboxylic acid groups (broad SMARTS) is 1. The summed E-state index contributed by atoms with van der Waals surface area (Å²) < 4.78 is 4.98. The van der Waals surface area contributed by atoms with Gasteiger partial charge in [-0.1, -0.05) is 24.6 Å². The number of para-hydroxylation sites is 1. The van der Waals surface area contributed by atoms with E-state index in [1.54, 1.807) is 25.3 Å². The van der Waals surface area contributed by atoms with Gasteiger partial charge >= 0.3 is 5.97 Å². The SMILES string of the molecule is COCc1cccc(C2(C(=O)O)CCC2)c1O. The summed E-state index contributed by atoms with van der Waals surface area (Å²) in [4.78, 5) is 11.4. The van der Waals surface area contributed by atoms with Crippen LogP contribution in [0.25, 0.3) is 0 Å². The summed E-state index contributed by atoms with van der Waals surface area (Å²) >= 11 is 0. The van der Waals surface area contributed by atoms with Crippen LogP contribution in [0, 0.1) is 0 Å². The van der Waals surface area contributed by atoms with E-state index in [0.717, 1.165) is 6.42 Å². The maximum atomic E-state index is 11.4. The van der Waals surface area contributed by atoms with E-state index in [9.17, 15) is 15.0 Å². The number of phenolic OH excluding ortho intramolecular Hbond substituents is 1. The van der Waals surface area contributed by atoms with Crippen molar-refractivity contribution in [3.8, 4) is 5.75 Å². The van der Waals surface area contributed by atoms with Gasteiger partial charge in [-0.2, -0.15) is 0 Å². The van der Waals surface area contributed by atoms with Gasteiger partial charge in [-0.15, -0.1) is 0 Å². The number of methoxy groups -OCH3 is 1. The highest BCUT2D eigenvalue weighted by Gasteiger charge is 2.47. The molecular weight excluding hydrogens is 220 g/mol. The van der Waals surface area contributed by atoms with Gasteiger partial charge in [0.15, 0.2) is 0 Å². The Bertz CT molecular complexity index is 435. The van der Waals surface area contributed by atoms with Gasteiger partial charge in [0, 0.05) is 18.2 Å². The van der Waals surface area contributed by atoms with Gasteiger partial charge in [-0.3, -0.25) is 4.79 Å². The smallest absolute Gasteiger partial charge is 0.314 e. The highest BCUT2D eigenvalue weighted by atomic mass is 16.5. The van der Waals surface area contributed by atoms with E-state index < -0.39 is 11.4 Å². The first kappa shape index (κ1) is 11.9. The van der Waals surface area contributed by atoms with Gasteiger partial charge < -0.3 is 14.9 Å². The van der Waals surface area contributed by atoms with Crippen LogP contribution in [-0.4, -0.2) is 23.3 Å². The molecule has 0 heterocycles. The molecule has 0 amide bonds. The van der Waals surface area contributed by atoms with Crippen LogP contribution in [0.3, 0.4) is 0 Å². The first-order chi connectivity index (χ1) is 8.12. The molecule has 0 unspecified atom stereocenters. The van der Waals surface area contributed by atoms with Crippen molar-refractivity contribution in [1.82, 2.24) is 0 Å². The summed E-state index contributed by atoms with van der Waals surface area (Å²) in [6.45, 7) is 0.287. The van der Waals surface area contributed by atoms with Crippen LogP contribution in [0.1, 0.15) is 30.4 Å². The summed E-state index contributed by atoms with van der Waals surface area (Å²) in [6, 6.07) is 5.21. The molecule has 92 valence electrons. The van der Waals surface area contributed by atoms with E-state index >= 15 is 0 Å². The van der Waals surface area contributed by atoms with E-state index in [1.165, 1.54) is 0 Å². The summed E-state index contributed by atoms with van der Waals surface area (Å²) in [7, 11) is 1.54. The Kier molecular flexibility index (Phi) is 3.07. The zero-order chi connectivity index (χ0) is 12.5. The Morgan fingerprint density at radius 2 is 2.18 bits per heavy atom. The average molecular weight is 236 g/mol. The van der Waals surface area contributed by atoms with Gasteiger partial charge in [0.2, 0.25) is 0 Å². The van der Waals surface area contributed by atoms with E-state index in [4.69, 9.17) is 4.74 Å². The third kappa shape index (κ3) is 1.78. The fourth-order valence-electron chi connectivity index (χ4n) is 2.38. The minimum atomic E-state index is -0.895. The standard InChI is InChI=1S/C13H16O4/c1-17-8-9-4-2-5-10(11(9)14)13(12(15)16)6-3-7-13/h2,4-5,14H,3,6-8H2,1H3,(H,15,16). The number of carboxylic acids is 1. The summed E-state index contributed by atoms with van der Waals surface area (Å²) in [5.41, 5.74) is 0.261. The molecule has 2 N–H and O–H groups in total. The molecular formula is C13H16O4. The van der Waals surface area contributed by atoms with Crippen LogP contribution in [0.15, 0.2) is 18.2 Å². The normalized spacial score (nSPS) is 17.5. The first-order valence-electron chi connectivity index (χ1n) is 5.65.